The maximum atomic E-state index is 10.0. The molecule has 0 heterocycles. The summed E-state index contributed by atoms with van der Waals surface area (Å²) in [6, 6.07) is -0.742. The Morgan fingerprint density at radius 1 is 1.67 bits per heavy atom. The number of aliphatic carboxylic acids is 1. The number of carbonyl (C=O) groups is 1. The first-order chi connectivity index (χ1) is 4.18. The first-order valence-electron chi connectivity index (χ1n) is 2.87. The van der Waals surface area contributed by atoms with Crippen LogP contribution >= 0.6 is 0 Å². The van der Waals surface area contributed by atoms with Crippen molar-refractivity contribution in [1.82, 2.24) is 0 Å². The lowest BCUT2D eigenvalue weighted by Crippen LogP contribution is -2.30. The van der Waals surface area contributed by atoms with Gasteiger partial charge in [0.25, 0.3) is 0 Å². The summed E-state index contributed by atoms with van der Waals surface area (Å²) in [7, 11) is 0. The second-order valence-electron chi connectivity index (χ2n) is 1.88. The van der Waals surface area contributed by atoms with Gasteiger partial charge >= 0.3 is 5.97 Å². The monoisotopic (exact) mass is 134 g/mol. The molecular formula is C5H12N2O2. The Bertz CT molecular complexity index is 95.0. The highest BCUT2D eigenvalue weighted by Gasteiger charge is 2.08. The minimum Gasteiger partial charge on any atom is -0.480 e. The normalized spacial score (nSPS) is 13.1. The largest absolute Gasteiger partial charge is 0.480 e. The minimum atomic E-state index is -0.955. The summed E-state index contributed by atoms with van der Waals surface area (Å²) in [5.41, 5.74) is 10.3. The summed E-state index contributed by atoms with van der Waals surface area (Å²) < 4.78 is 0. The summed E-state index contributed by atoms with van der Waals surface area (Å²) in [4.78, 5) is 10.0. The average molecular weight is 134 g/mol. The molecule has 0 unspecified atom stereocenters. The summed E-state index contributed by atoms with van der Waals surface area (Å²) in [5, 5.41) is 8.24. The van der Waals surface area contributed by atoms with Crippen LogP contribution in [0.15, 0.2) is 0 Å². The van der Waals surface area contributed by atoms with Gasteiger partial charge in [-0.15, -0.1) is 0 Å². The van der Waals surface area contributed by atoms with Gasteiger partial charge in [-0.1, -0.05) is 0 Å². The van der Waals surface area contributed by atoms with Crippen LogP contribution in [-0.4, -0.2) is 23.7 Å². The Morgan fingerprint density at radius 2 is 2.22 bits per heavy atom. The Labute approximate surface area is 53.8 Å². The maximum absolute atomic E-state index is 10.0. The van der Waals surface area contributed by atoms with E-state index in [0.717, 1.165) is 0 Å². The number of carboxylic acid groups (broad SMARTS) is 1. The van der Waals surface area contributed by atoms with E-state index in [4.69, 9.17) is 16.6 Å². The van der Waals surface area contributed by atoms with Crippen LogP contribution in [0, 0.1) is 0 Å². The van der Waals surface area contributed by atoms with E-state index in [9.17, 15) is 4.79 Å². The molecule has 0 spiro atoms. The lowest BCUT2D eigenvalue weighted by molar-refractivity contribution is -0.138. The van der Waals surface area contributed by atoms with E-state index in [1.165, 1.54) is 0 Å². The van der Waals surface area contributed by atoms with Crippen LogP contribution < -0.4 is 11.5 Å². The molecular weight excluding hydrogens is 122 g/mol. The molecule has 0 amide bonds. The highest BCUT2D eigenvalue weighted by Crippen LogP contribution is 1.91. The van der Waals surface area contributed by atoms with Gasteiger partial charge in [0.1, 0.15) is 6.04 Å². The SMILES string of the molecule is NCCC[14C@H](N)C(=O)O. The van der Waals surface area contributed by atoms with E-state index in [-0.39, 0.29) is 0 Å². The highest BCUT2D eigenvalue weighted by molar-refractivity contribution is 5.72. The van der Waals surface area contributed by atoms with Gasteiger partial charge in [-0.25, -0.2) is 0 Å². The molecule has 0 aliphatic heterocycles. The molecule has 4 nitrogen and oxygen atoms in total. The number of hydrogen-bond acceptors (Lipinski definition) is 3. The summed E-state index contributed by atoms with van der Waals surface area (Å²) in [5.74, 6) is -0.955. The van der Waals surface area contributed by atoms with Gasteiger partial charge < -0.3 is 16.6 Å². The van der Waals surface area contributed by atoms with Crippen LogP contribution in [0.4, 0.5) is 0 Å². The van der Waals surface area contributed by atoms with Crippen LogP contribution in [0.2, 0.25) is 0 Å². The molecule has 4 heteroatoms. The van der Waals surface area contributed by atoms with Crippen LogP contribution in [0.5, 0.6) is 0 Å². The zero-order valence-electron chi connectivity index (χ0n) is 5.21. The molecule has 54 valence electrons. The van der Waals surface area contributed by atoms with Crippen molar-refractivity contribution in [2.24, 2.45) is 11.5 Å². The molecule has 0 aromatic heterocycles. The first-order valence-corrected chi connectivity index (χ1v) is 2.87. The Balaban J connectivity index is 3.27. The molecule has 0 aromatic rings. The van der Waals surface area contributed by atoms with Gasteiger partial charge in [-0.3, -0.25) is 4.79 Å². The lowest BCUT2D eigenvalue weighted by Gasteiger charge is -2.02. The molecule has 0 saturated heterocycles. The van der Waals surface area contributed by atoms with Crippen molar-refractivity contribution in [2.75, 3.05) is 6.54 Å². The molecule has 5 N–H and O–H groups in total. The van der Waals surface area contributed by atoms with Gasteiger partial charge in [-0.2, -0.15) is 0 Å². The molecule has 0 aliphatic rings. The zero-order valence-corrected chi connectivity index (χ0v) is 5.21. The predicted octanol–water partition coefficient (Wildman–Crippen LogP) is -0.863. The van der Waals surface area contributed by atoms with Crippen LogP contribution in [0.1, 0.15) is 12.8 Å². The predicted molar refractivity (Wildman–Crippen MR) is 33.9 cm³/mol. The van der Waals surface area contributed by atoms with Crippen LogP contribution in [0.3, 0.4) is 0 Å². The standard InChI is InChI=1S/C5H12N2O2/c6-3-1-2-4(7)5(8)9/h4H,1-3,6-7H2,(H,8,9)/t4-/m0/s1/i4+2. The molecule has 9 heavy (non-hydrogen) atoms. The molecule has 0 rings (SSSR count). The van der Waals surface area contributed by atoms with E-state index >= 15 is 0 Å². The summed E-state index contributed by atoms with van der Waals surface area (Å²) in [6.07, 6.45) is 1.14. The van der Waals surface area contributed by atoms with Crippen molar-refractivity contribution in [3.05, 3.63) is 0 Å². The molecule has 0 bridgehead atoms. The fourth-order valence-corrected chi connectivity index (χ4v) is 0.461. The van der Waals surface area contributed by atoms with E-state index in [1.807, 2.05) is 0 Å². The number of carboxylic acids is 1. The van der Waals surface area contributed by atoms with Crippen molar-refractivity contribution in [3.8, 4) is 0 Å². The van der Waals surface area contributed by atoms with Gasteiger partial charge in [0.15, 0.2) is 0 Å². The summed E-state index contributed by atoms with van der Waals surface area (Å²) >= 11 is 0. The fraction of sp³-hybridized carbons (Fsp3) is 0.800. The average Bonchev–Trinajstić information content (AvgIpc) is 1.82. The maximum Gasteiger partial charge on any atom is 0.320 e. The van der Waals surface area contributed by atoms with E-state index in [0.29, 0.717) is 19.4 Å². The number of rotatable bonds is 4. The Morgan fingerprint density at radius 3 is 2.56 bits per heavy atom. The quantitative estimate of drug-likeness (QED) is 0.466. The third-order valence-electron chi connectivity index (χ3n) is 1.04. The number of hydrogen-bond donors (Lipinski definition) is 3. The molecule has 0 fully saturated rings. The van der Waals surface area contributed by atoms with Crippen molar-refractivity contribution in [3.63, 3.8) is 0 Å². The lowest BCUT2D eigenvalue weighted by atomic mass is 10.4. The topological polar surface area (TPSA) is 89.3 Å². The first kappa shape index (κ1) is 8.39. The third-order valence-corrected chi connectivity index (χ3v) is 1.04. The Kier molecular flexibility index (Phi) is 4.00. The Hall–Kier alpha value is -0.610. The molecule has 0 aromatic carbocycles. The van der Waals surface area contributed by atoms with Crippen LogP contribution in [0.25, 0.3) is 0 Å². The number of nitrogens with two attached hydrogens (primary N) is 2. The minimum absolute atomic E-state index is 0.464. The van der Waals surface area contributed by atoms with Crippen molar-refractivity contribution >= 4 is 5.97 Å². The van der Waals surface area contributed by atoms with Gasteiger partial charge in [0.2, 0.25) is 0 Å². The second-order valence-corrected chi connectivity index (χ2v) is 1.88. The van der Waals surface area contributed by atoms with Gasteiger partial charge in [0.05, 0.1) is 0 Å². The third kappa shape index (κ3) is 3.93. The van der Waals surface area contributed by atoms with Crippen molar-refractivity contribution in [2.45, 2.75) is 18.9 Å². The molecule has 0 saturated carbocycles. The van der Waals surface area contributed by atoms with Gasteiger partial charge in [0, 0.05) is 0 Å². The van der Waals surface area contributed by atoms with Crippen molar-refractivity contribution < 1.29 is 9.90 Å². The van der Waals surface area contributed by atoms with E-state index < -0.39 is 12.0 Å². The highest BCUT2D eigenvalue weighted by atomic mass is 16.4. The molecule has 1 atom stereocenters. The molecule has 0 aliphatic carbocycles. The van der Waals surface area contributed by atoms with E-state index in [2.05, 4.69) is 0 Å². The van der Waals surface area contributed by atoms with Gasteiger partial charge in [-0.05, 0) is 19.4 Å². The second kappa shape index (κ2) is 4.29. The summed E-state index contributed by atoms with van der Waals surface area (Å²) in [6.45, 7) is 0.501. The van der Waals surface area contributed by atoms with Crippen molar-refractivity contribution in [1.29, 1.82) is 0 Å². The zero-order chi connectivity index (χ0) is 7.28. The molecule has 0 radical (unpaired) electrons. The van der Waals surface area contributed by atoms with Crippen LogP contribution in [-0.2, 0) is 4.79 Å². The smallest absolute Gasteiger partial charge is 0.320 e. The van der Waals surface area contributed by atoms with E-state index in [1.54, 1.807) is 0 Å². The fourth-order valence-electron chi connectivity index (χ4n) is 0.461.